The van der Waals surface area contributed by atoms with Gasteiger partial charge in [-0.3, -0.25) is 9.10 Å². The van der Waals surface area contributed by atoms with Crippen LogP contribution in [0, 0.1) is 0 Å². The summed E-state index contributed by atoms with van der Waals surface area (Å²) in [5.74, 6) is 0.822. The van der Waals surface area contributed by atoms with E-state index in [1.165, 1.54) is 11.0 Å². The highest BCUT2D eigenvalue weighted by molar-refractivity contribution is 7.92. The highest BCUT2D eigenvalue weighted by Gasteiger charge is 2.33. The second-order valence-corrected chi connectivity index (χ2v) is 9.14. The van der Waals surface area contributed by atoms with Crippen molar-refractivity contribution in [3.63, 3.8) is 0 Å². The van der Waals surface area contributed by atoms with Gasteiger partial charge in [-0.1, -0.05) is 30.7 Å². The van der Waals surface area contributed by atoms with Gasteiger partial charge in [-0.2, -0.15) is 0 Å². The number of methoxy groups -OCH3 is 2. The maximum Gasteiger partial charge on any atom is 0.246 e. The first-order valence-electron chi connectivity index (χ1n) is 9.33. The smallest absolute Gasteiger partial charge is 0.246 e. The molecule has 0 aliphatic carbocycles. The molecule has 0 heterocycles. The van der Waals surface area contributed by atoms with Crippen LogP contribution in [0.1, 0.15) is 18.9 Å². The molecule has 0 fully saturated rings. The van der Waals surface area contributed by atoms with E-state index in [1.807, 2.05) is 6.07 Å². The number of likely N-dealkylation sites (N-methyl/N-ethyl adjacent to an activating group) is 1. The standard InChI is InChI=1S/C21H27ClN2O5S/c1-6-18(24(30(5,26)27)17-9-7-8-16(22)13-17)21(25)23(2)14-15-10-11-19(28-3)20(12-15)29-4/h7-13,18H,6,14H2,1-5H3/t18-/m1/s1. The van der Waals surface area contributed by atoms with E-state index in [1.54, 1.807) is 58.5 Å². The Bertz CT molecular complexity index is 997. The zero-order valence-electron chi connectivity index (χ0n) is 17.8. The first kappa shape index (κ1) is 23.8. The summed E-state index contributed by atoms with van der Waals surface area (Å²) in [6, 6.07) is 10.9. The normalized spacial score (nSPS) is 12.2. The van der Waals surface area contributed by atoms with E-state index in [-0.39, 0.29) is 12.5 Å². The molecule has 0 saturated heterocycles. The Morgan fingerprint density at radius 3 is 2.30 bits per heavy atom. The van der Waals surface area contributed by atoms with Crippen LogP contribution in [0.25, 0.3) is 0 Å². The lowest BCUT2D eigenvalue weighted by atomic mass is 10.1. The van der Waals surface area contributed by atoms with E-state index in [9.17, 15) is 13.2 Å². The van der Waals surface area contributed by atoms with Crippen molar-refractivity contribution in [1.29, 1.82) is 0 Å². The van der Waals surface area contributed by atoms with Crippen LogP contribution in [-0.4, -0.2) is 52.8 Å². The van der Waals surface area contributed by atoms with E-state index in [4.69, 9.17) is 21.1 Å². The lowest BCUT2D eigenvalue weighted by Gasteiger charge is -2.33. The lowest BCUT2D eigenvalue weighted by molar-refractivity contribution is -0.131. The Kier molecular flexibility index (Phi) is 7.97. The third kappa shape index (κ3) is 5.58. The Morgan fingerprint density at radius 1 is 1.10 bits per heavy atom. The summed E-state index contributed by atoms with van der Waals surface area (Å²) in [6.07, 6.45) is 1.38. The fourth-order valence-electron chi connectivity index (χ4n) is 3.24. The summed E-state index contributed by atoms with van der Waals surface area (Å²) in [4.78, 5) is 14.7. The molecule has 0 aromatic heterocycles. The molecule has 2 rings (SSSR count). The third-order valence-electron chi connectivity index (χ3n) is 4.62. The molecule has 0 spiro atoms. The first-order chi connectivity index (χ1) is 14.1. The molecule has 7 nitrogen and oxygen atoms in total. The molecule has 0 aliphatic heterocycles. The number of rotatable bonds is 9. The number of anilines is 1. The van der Waals surface area contributed by atoms with Gasteiger partial charge in [0.15, 0.2) is 11.5 Å². The molecule has 2 aromatic rings. The van der Waals surface area contributed by atoms with Crippen molar-refractivity contribution < 1.29 is 22.7 Å². The van der Waals surface area contributed by atoms with Crippen LogP contribution in [0.4, 0.5) is 5.69 Å². The predicted molar refractivity (Wildman–Crippen MR) is 119 cm³/mol. The molecular weight excluding hydrogens is 428 g/mol. The topological polar surface area (TPSA) is 76.2 Å². The van der Waals surface area contributed by atoms with Crippen LogP contribution in [0.2, 0.25) is 5.02 Å². The largest absolute Gasteiger partial charge is 0.493 e. The molecule has 164 valence electrons. The third-order valence-corrected chi connectivity index (χ3v) is 6.03. The van der Waals surface area contributed by atoms with Crippen molar-refractivity contribution in [1.82, 2.24) is 4.90 Å². The van der Waals surface area contributed by atoms with E-state index in [0.717, 1.165) is 16.1 Å². The van der Waals surface area contributed by atoms with Gasteiger partial charge in [0.1, 0.15) is 6.04 Å². The number of carbonyl (C=O) groups is 1. The first-order valence-corrected chi connectivity index (χ1v) is 11.6. The van der Waals surface area contributed by atoms with Crippen molar-refractivity contribution in [2.24, 2.45) is 0 Å². The molecule has 1 atom stereocenters. The van der Waals surface area contributed by atoms with Gasteiger partial charge in [-0.15, -0.1) is 0 Å². The van der Waals surface area contributed by atoms with Crippen LogP contribution < -0.4 is 13.8 Å². The fraction of sp³-hybridized carbons (Fsp3) is 0.381. The van der Waals surface area contributed by atoms with E-state index >= 15 is 0 Å². The molecule has 0 N–H and O–H groups in total. The van der Waals surface area contributed by atoms with Crippen LogP contribution in [0.3, 0.4) is 0 Å². The average Bonchev–Trinajstić information content (AvgIpc) is 2.70. The monoisotopic (exact) mass is 454 g/mol. The van der Waals surface area contributed by atoms with Gasteiger partial charge in [0.25, 0.3) is 0 Å². The summed E-state index contributed by atoms with van der Waals surface area (Å²) in [5.41, 5.74) is 1.18. The second kappa shape index (κ2) is 10.0. The van der Waals surface area contributed by atoms with Crippen LogP contribution in [0.5, 0.6) is 11.5 Å². The zero-order chi connectivity index (χ0) is 22.5. The summed E-state index contributed by atoms with van der Waals surface area (Å²) < 4.78 is 36.8. The highest BCUT2D eigenvalue weighted by Crippen LogP contribution is 2.29. The van der Waals surface area contributed by atoms with Gasteiger partial charge in [0, 0.05) is 18.6 Å². The summed E-state index contributed by atoms with van der Waals surface area (Å²) in [5, 5.41) is 0.391. The number of halogens is 1. The van der Waals surface area contributed by atoms with Gasteiger partial charge >= 0.3 is 0 Å². The predicted octanol–water partition coefficient (Wildman–Crippen LogP) is 3.56. The highest BCUT2D eigenvalue weighted by atomic mass is 35.5. The Balaban J connectivity index is 2.33. The molecule has 30 heavy (non-hydrogen) atoms. The minimum absolute atomic E-state index is 0.281. The van der Waals surface area contributed by atoms with E-state index in [0.29, 0.717) is 28.6 Å². The Labute approximate surface area is 183 Å². The number of ether oxygens (including phenoxy) is 2. The van der Waals surface area contributed by atoms with Gasteiger partial charge in [0.05, 0.1) is 26.2 Å². The van der Waals surface area contributed by atoms with Crippen molar-refractivity contribution in [2.45, 2.75) is 25.9 Å². The van der Waals surface area contributed by atoms with Crippen LogP contribution in [0.15, 0.2) is 42.5 Å². The Hall–Kier alpha value is -2.45. The van der Waals surface area contributed by atoms with Gasteiger partial charge in [-0.25, -0.2) is 8.42 Å². The second-order valence-electron chi connectivity index (χ2n) is 6.85. The number of hydrogen-bond donors (Lipinski definition) is 0. The number of carbonyl (C=O) groups excluding carboxylic acids is 1. The Morgan fingerprint density at radius 2 is 1.77 bits per heavy atom. The molecule has 1 amide bonds. The maximum atomic E-state index is 13.2. The number of hydrogen-bond acceptors (Lipinski definition) is 5. The molecule has 9 heteroatoms. The zero-order valence-corrected chi connectivity index (χ0v) is 19.3. The lowest BCUT2D eigenvalue weighted by Crippen LogP contribution is -2.49. The summed E-state index contributed by atoms with van der Waals surface area (Å²) >= 11 is 6.05. The van der Waals surface area contributed by atoms with Crippen molar-refractivity contribution in [3.8, 4) is 11.5 Å². The SMILES string of the molecule is CC[C@H](C(=O)N(C)Cc1ccc(OC)c(OC)c1)N(c1cccc(Cl)c1)S(C)(=O)=O. The number of nitrogens with zero attached hydrogens (tertiary/aromatic N) is 2. The number of sulfonamides is 1. The number of amides is 1. The van der Waals surface area contributed by atoms with Gasteiger partial charge in [0.2, 0.25) is 15.9 Å². The van der Waals surface area contributed by atoms with Crippen LogP contribution in [-0.2, 0) is 21.4 Å². The van der Waals surface area contributed by atoms with Gasteiger partial charge < -0.3 is 14.4 Å². The minimum atomic E-state index is -3.73. The molecule has 0 aliphatic rings. The summed E-state index contributed by atoms with van der Waals surface area (Å²) in [7, 11) is 1.00. The van der Waals surface area contributed by atoms with Crippen molar-refractivity contribution >= 4 is 33.2 Å². The fourth-order valence-corrected chi connectivity index (χ4v) is 4.62. The van der Waals surface area contributed by atoms with E-state index < -0.39 is 16.1 Å². The molecular formula is C21H27ClN2O5S. The average molecular weight is 455 g/mol. The quantitative estimate of drug-likeness (QED) is 0.579. The summed E-state index contributed by atoms with van der Waals surface area (Å²) in [6.45, 7) is 2.05. The van der Waals surface area contributed by atoms with Crippen LogP contribution >= 0.6 is 11.6 Å². The molecule has 0 bridgehead atoms. The molecule has 0 unspecified atom stereocenters. The van der Waals surface area contributed by atoms with E-state index in [2.05, 4.69) is 0 Å². The molecule has 2 aromatic carbocycles. The van der Waals surface area contributed by atoms with Crippen molar-refractivity contribution in [3.05, 3.63) is 53.1 Å². The maximum absolute atomic E-state index is 13.2. The number of benzene rings is 2. The molecule has 0 saturated carbocycles. The minimum Gasteiger partial charge on any atom is -0.493 e. The molecule has 0 radical (unpaired) electrons. The van der Waals surface area contributed by atoms with Gasteiger partial charge in [-0.05, 0) is 42.3 Å². The van der Waals surface area contributed by atoms with Crippen molar-refractivity contribution in [2.75, 3.05) is 31.8 Å².